The SMILES string of the molecule is CCN(CC)S(=O)(=O)c1ccc(NC(=O)CNC(=O)c2ccc(Cl)cc2Cl)cc1. The molecule has 0 bridgehead atoms. The summed E-state index contributed by atoms with van der Waals surface area (Å²) in [6.45, 7) is 3.99. The fourth-order valence-electron chi connectivity index (χ4n) is 2.56. The maximum absolute atomic E-state index is 12.5. The van der Waals surface area contributed by atoms with Crippen LogP contribution in [-0.4, -0.2) is 44.2 Å². The molecular formula is C19H21Cl2N3O4S. The average molecular weight is 458 g/mol. The highest BCUT2D eigenvalue weighted by Crippen LogP contribution is 2.21. The molecule has 156 valence electrons. The van der Waals surface area contributed by atoms with Crippen LogP contribution in [0.1, 0.15) is 24.2 Å². The Labute approximate surface area is 180 Å². The Morgan fingerprint density at radius 1 is 1.00 bits per heavy atom. The van der Waals surface area contributed by atoms with Crippen molar-refractivity contribution in [3.63, 3.8) is 0 Å². The van der Waals surface area contributed by atoms with Crippen molar-refractivity contribution in [3.05, 3.63) is 58.1 Å². The van der Waals surface area contributed by atoms with E-state index in [1.807, 2.05) is 0 Å². The van der Waals surface area contributed by atoms with Gasteiger partial charge in [-0.2, -0.15) is 4.31 Å². The second-order valence-electron chi connectivity index (χ2n) is 5.97. The van der Waals surface area contributed by atoms with E-state index in [1.54, 1.807) is 13.8 Å². The molecule has 0 aliphatic carbocycles. The molecule has 0 fully saturated rings. The highest BCUT2D eigenvalue weighted by atomic mass is 35.5. The van der Waals surface area contributed by atoms with E-state index in [-0.39, 0.29) is 22.0 Å². The summed E-state index contributed by atoms with van der Waals surface area (Å²) in [7, 11) is -3.56. The van der Waals surface area contributed by atoms with Gasteiger partial charge in [0.1, 0.15) is 0 Å². The topological polar surface area (TPSA) is 95.6 Å². The molecule has 0 radical (unpaired) electrons. The van der Waals surface area contributed by atoms with Crippen molar-refractivity contribution in [3.8, 4) is 0 Å². The van der Waals surface area contributed by atoms with Crippen LogP contribution >= 0.6 is 23.2 Å². The number of amides is 2. The molecule has 29 heavy (non-hydrogen) atoms. The second kappa shape index (κ2) is 10.1. The monoisotopic (exact) mass is 457 g/mol. The molecule has 0 aliphatic rings. The van der Waals surface area contributed by atoms with Gasteiger partial charge in [-0.15, -0.1) is 0 Å². The lowest BCUT2D eigenvalue weighted by Gasteiger charge is -2.18. The number of carbonyl (C=O) groups is 2. The molecule has 0 aromatic heterocycles. The van der Waals surface area contributed by atoms with Crippen LogP contribution in [0.25, 0.3) is 0 Å². The summed E-state index contributed by atoms with van der Waals surface area (Å²) in [4.78, 5) is 24.3. The molecule has 0 unspecified atom stereocenters. The summed E-state index contributed by atoms with van der Waals surface area (Å²) >= 11 is 11.8. The van der Waals surface area contributed by atoms with E-state index in [0.29, 0.717) is 23.8 Å². The quantitative estimate of drug-likeness (QED) is 0.634. The highest BCUT2D eigenvalue weighted by Gasteiger charge is 2.21. The van der Waals surface area contributed by atoms with Crippen LogP contribution in [0.2, 0.25) is 10.0 Å². The molecule has 0 aliphatic heterocycles. The molecule has 0 saturated carbocycles. The number of hydrogen-bond acceptors (Lipinski definition) is 4. The molecule has 2 aromatic rings. The number of hydrogen-bond donors (Lipinski definition) is 2. The van der Waals surface area contributed by atoms with E-state index in [1.165, 1.54) is 46.8 Å². The predicted molar refractivity (Wildman–Crippen MR) is 114 cm³/mol. The minimum absolute atomic E-state index is 0.143. The van der Waals surface area contributed by atoms with Gasteiger partial charge in [-0.05, 0) is 42.5 Å². The van der Waals surface area contributed by atoms with Gasteiger partial charge in [-0.25, -0.2) is 8.42 Å². The minimum Gasteiger partial charge on any atom is -0.343 e. The van der Waals surface area contributed by atoms with E-state index in [0.717, 1.165) is 0 Å². The van der Waals surface area contributed by atoms with Crippen molar-refractivity contribution < 1.29 is 18.0 Å². The van der Waals surface area contributed by atoms with Crippen molar-refractivity contribution in [2.75, 3.05) is 25.0 Å². The molecule has 0 spiro atoms. The van der Waals surface area contributed by atoms with Gasteiger partial charge in [-0.1, -0.05) is 37.0 Å². The van der Waals surface area contributed by atoms with Gasteiger partial charge in [-0.3, -0.25) is 9.59 Å². The van der Waals surface area contributed by atoms with E-state index < -0.39 is 21.8 Å². The molecule has 0 heterocycles. The number of nitrogens with zero attached hydrogens (tertiary/aromatic N) is 1. The molecule has 2 rings (SSSR count). The number of benzene rings is 2. The molecule has 0 saturated heterocycles. The first-order chi connectivity index (χ1) is 13.7. The van der Waals surface area contributed by atoms with Crippen LogP contribution in [0.3, 0.4) is 0 Å². The van der Waals surface area contributed by atoms with E-state index in [4.69, 9.17) is 23.2 Å². The van der Waals surface area contributed by atoms with Crippen LogP contribution in [0.4, 0.5) is 5.69 Å². The van der Waals surface area contributed by atoms with Gasteiger partial charge in [0, 0.05) is 23.8 Å². The Morgan fingerprint density at radius 2 is 1.62 bits per heavy atom. The lowest BCUT2D eigenvalue weighted by molar-refractivity contribution is -0.115. The number of carbonyl (C=O) groups excluding carboxylic acids is 2. The highest BCUT2D eigenvalue weighted by molar-refractivity contribution is 7.89. The van der Waals surface area contributed by atoms with Crippen molar-refractivity contribution in [2.24, 2.45) is 0 Å². The van der Waals surface area contributed by atoms with Crippen molar-refractivity contribution >= 4 is 50.7 Å². The molecule has 2 aromatic carbocycles. The summed E-state index contributed by atoms with van der Waals surface area (Å²) < 4.78 is 26.3. The second-order valence-corrected chi connectivity index (χ2v) is 8.75. The Bertz CT molecular complexity index is 991. The maximum Gasteiger partial charge on any atom is 0.253 e. The van der Waals surface area contributed by atoms with E-state index in [9.17, 15) is 18.0 Å². The van der Waals surface area contributed by atoms with Gasteiger partial charge in [0.05, 0.1) is 22.0 Å². The number of rotatable bonds is 8. The molecule has 2 amide bonds. The van der Waals surface area contributed by atoms with E-state index in [2.05, 4.69) is 10.6 Å². The fraction of sp³-hybridized carbons (Fsp3) is 0.263. The van der Waals surface area contributed by atoms with Crippen LogP contribution < -0.4 is 10.6 Å². The number of nitrogens with one attached hydrogen (secondary N) is 2. The van der Waals surface area contributed by atoms with Crippen LogP contribution in [-0.2, 0) is 14.8 Å². The van der Waals surface area contributed by atoms with Crippen LogP contribution in [0.5, 0.6) is 0 Å². The summed E-state index contributed by atoms with van der Waals surface area (Å²) in [6.07, 6.45) is 0. The largest absolute Gasteiger partial charge is 0.343 e. The van der Waals surface area contributed by atoms with Crippen LogP contribution in [0.15, 0.2) is 47.4 Å². The summed E-state index contributed by atoms with van der Waals surface area (Å²) in [6, 6.07) is 10.3. The number of anilines is 1. The zero-order valence-corrected chi connectivity index (χ0v) is 18.2. The first kappa shape index (κ1) is 23.2. The van der Waals surface area contributed by atoms with Crippen molar-refractivity contribution in [1.29, 1.82) is 0 Å². The molecule has 0 atom stereocenters. The van der Waals surface area contributed by atoms with Gasteiger partial charge in [0.25, 0.3) is 5.91 Å². The van der Waals surface area contributed by atoms with Crippen LogP contribution in [0, 0.1) is 0 Å². The standard InChI is InChI=1S/C19H21Cl2N3O4S/c1-3-24(4-2)29(27,28)15-8-6-14(7-9-15)23-18(25)12-22-19(26)16-10-5-13(20)11-17(16)21/h5-11H,3-4,12H2,1-2H3,(H,22,26)(H,23,25). The summed E-state index contributed by atoms with van der Waals surface area (Å²) in [5, 5.41) is 5.64. The molecular weight excluding hydrogens is 437 g/mol. The molecule has 2 N–H and O–H groups in total. The normalized spacial score (nSPS) is 11.3. The zero-order chi connectivity index (χ0) is 21.6. The first-order valence-corrected chi connectivity index (χ1v) is 11.0. The van der Waals surface area contributed by atoms with Gasteiger partial charge < -0.3 is 10.6 Å². The number of halogens is 2. The van der Waals surface area contributed by atoms with Gasteiger partial charge >= 0.3 is 0 Å². The summed E-state index contributed by atoms with van der Waals surface area (Å²) in [5.74, 6) is -0.981. The van der Waals surface area contributed by atoms with Gasteiger partial charge in [0.15, 0.2) is 0 Å². The van der Waals surface area contributed by atoms with Gasteiger partial charge in [0.2, 0.25) is 15.9 Å². The third kappa shape index (κ3) is 5.93. The maximum atomic E-state index is 12.5. The third-order valence-electron chi connectivity index (χ3n) is 4.07. The lowest BCUT2D eigenvalue weighted by atomic mass is 10.2. The smallest absolute Gasteiger partial charge is 0.253 e. The molecule has 10 heteroatoms. The van der Waals surface area contributed by atoms with E-state index >= 15 is 0 Å². The molecule has 7 nitrogen and oxygen atoms in total. The fourth-order valence-corrected chi connectivity index (χ4v) is 4.51. The number of sulfonamides is 1. The predicted octanol–water partition coefficient (Wildman–Crippen LogP) is 3.39. The van der Waals surface area contributed by atoms with Crippen molar-refractivity contribution in [2.45, 2.75) is 18.7 Å². The minimum atomic E-state index is -3.56. The lowest BCUT2D eigenvalue weighted by Crippen LogP contribution is -2.33. The third-order valence-corrected chi connectivity index (χ3v) is 6.68. The van der Waals surface area contributed by atoms with Crippen molar-refractivity contribution in [1.82, 2.24) is 9.62 Å². The Hall–Kier alpha value is -2.13. The first-order valence-electron chi connectivity index (χ1n) is 8.82. The summed E-state index contributed by atoms with van der Waals surface area (Å²) in [5.41, 5.74) is 0.613. The Balaban J connectivity index is 1.96. The Kier molecular flexibility index (Phi) is 8.04. The average Bonchev–Trinajstić information content (AvgIpc) is 2.67. The zero-order valence-electron chi connectivity index (χ0n) is 15.9. The Morgan fingerprint density at radius 3 is 2.17 bits per heavy atom.